The van der Waals surface area contributed by atoms with Gasteiger partial charge in [-0.15, -0.1) is 0 Å². The number of unbranched alkanes of at least 4 members (excludes halogenated alkanes) is 11. The summed E-state index contributed by atoms with van der Waals surface area (Å²) in [6.07, 6.45) is 34.7. The number of benzene rings is 2. The molecule has 0 radical (unpaired) electrons. The van der Waals surface area contributed by atoms with Gasteiger partial charge in [0.15, 0.2) is 0 Å². The van der Waals surface area contributed by atoms with Gasteiger partial charge >= 0.3 is 0 Å². The molecular weight excluding hydrogens is 567 g/mol. The van der Waals surface area contributed by atoms with Crippen LogP contribution in [-0.2, 0) is 29.3 Å². The second-order valence-corrected chi connectivity index (χ2v) is 11.6. The van der Waals surface area contributed by atoms with Gasteiger partial charge in [-0.3, -0.25) is 9.98 Å². The van der Waals surface area contributed by atoms with Gasteiger partial charge in [0.05, 0.1) is 17.1 Å². The number of aliphatic imine (C=N–C) groups is 2. The predicted molar refractivity (Wildman–Crippen MR) is 189 cm³/mol. The van der Waals surface area contributed by atoms with Gasteiger partial charge in [0.2, 0.25) is 0 Å². The molecule has 0 aliphatic rings. The molecule has 0 aliphatic heterocycles. The number of nitrogens with zero attached hydrogens (tertiary/aromatic N) is 2. The number of aryl methyl sites for hydroxylation is 2. The fourth-order valence-corrected chi connectivity index (χ4v) is 5.16. The number of para-hydroxylation sites is 2. The molecule has 0 unspecified atom stereocenters. The smallest absolute Gasteiger partial charge is 0.0665 e. The van der Waals surface area contributed by atoms with Crippen LogP contribution < -0.4 is 0 Å². The van der Waals surface area contributed by atoms with Gasteiger partial charge in [-0.25, -0.2) is 0 Å². The molecule has 2 aromatic carbocycles. The fraction of sp³-hybridized carbons (Fsp3) is 0.550. The Morgan fingerprint density at radius 3 is 1.53 bits per heavy atom. The van der Waals surface area contributed by atoms with Gasteiger partial charge in [-0.05, 0) is 100 Å². The van der Waals surface area contributed by atoms with Crippen LogP contribution in [0.3, 0.4) is 0 Å². The van der Waals surface area contributed by atoms with Crippen LogP contribution >= 0.6 is 0 Å². The molecular formula is C40H60N2Ni. The average Bonchev–Trinajstić information content (AvgIpc) is 3.02. The van der Waals surface area contributed by atoms with Gasteiger partial charge in [0.25, 0.3) is 0 Å². The topological polar surface area (TPSA) is 24.7 Å². The van der Waals surface area contributed by atoms with E-state index in [4.69, 9.17) is 9.98 Å². The monoisotopic (exact) mass is 626 g/mol. The maximum Gasteiger partial charge on any atom is 0.0665 e. The van der Waals surface area contributed by atoms with Gasteiger partial charge in [-0.2, -0.15) is 0 Å². The van der Waals surface area contributed by atoms with Crippen molar-refractivity contribution in [3.05, 3.63) is 84.0 Å². The van der Waals surface area contributed by atoms with E-state index in [1.807, 2.05) is 6.21 Å². The van der Waals surface area contributed by atoms with E-state index >= 15 is 0 Å². The molecule has 0 saturated carbocycles. The molecule has 2 nitrogen and oxygen atoms in total. The van der Waals surface area contributed by atoms with E-state index in [1.165, 1.54) is 75.3 Å². The first-order chi connectivity index (χ1) is 20.8. The predicted octanol–water partition coefficient (Wildman–Crippen LogP) is 13.0. The summed E-state index contributed by atoms with van der Waals surface area (Å²) >= 11 is 0. The molecule has 0 bridgehead atoms. The maximum atomic E-state index is 5.16. The summed E-state index contributed by atoms with van der Waals surface area (Å²) in [6, 6.07) is 17.3. The van der Waals surface area contributed by atoms with Gasteiger partial charge in [0.1, 0.15) is 0 Å². The van der Waals surface area contributed by atoms with E-state index in [-0.39, 0.29) is 16.5 Å². The van der Waals surface area contributed by atoms with Crippen molar-refractivity contribution in [1.29, 1.82) is 0 Å². The van der Waals surface area contributed by atoms with E-state index in [2.05, 4.69) is 93.6 Å². The largest absolute Gasteiger partial charge is 0.255 e. The Kier molecular flexibility index (Phi) is 24.6. The van der Waals surface area contributed by atoms with Gasteiger partial charge < -0.3 is 0 Å². The summed E-state index contributed by atoms with van der Waals surface area (Å²) in [5.74, 6) is 0. The summed E-state index contributed by atoms with van der Waals surface area (Å²) in [5.41, 5.74) is 5.94. The minimum absolute atomic E-state index is 0. The summed E-state index contributed by atoms with van der Waals surface area (Å²) < 4.78 is 0. The van der Waals surface area contributed by atoms with E-state index in [0.717, 1.165) is 74.9 Å². The molecule has 0 aliphatic carbocycles. The number of hydrogen-bond donors (Lipinski definition) is 0. The number of rotatable bonds is 24. The second kappa shape index (κ2) is 27.3. The van der Waals surface area contributed by atoms with Crippen LogP contribution in [0.5, 0.6) is 0 Å². The number of allylic oxidation sites excluding steroid dienone is 4. The van der Waals surface area contributed by atoms with E-state index < -0.39 is 0 Å². The molecule has 0 spiro atoms. The van der Waals surface area contributed by atoms with Crippen molar-refractivity contribution in [1.82, 2.24) is 0 Å². The van der Waals surface area contributed by atoms with Crippen LogP contribution in [0, 0.1) is 0 Å². The Labute approximate surface area is 275 Å². The normalized spacial score (nSPS) is 12.1. The maximum absolute atomic E-state index is 5.16. The minimum atomic E-state index is 0. The third kappa shape index (κ3) is 18.9. The average molecular weight is 628 g/mol. The molecule has 0 atom stereocenters. The molecule has 0 aromatic heterocycles. The van der Waals surface area contributed by atoms with Crippen LogP contribution in [0.15, 0.2) is 82.8 Å². The van der Waals surface area contributed by atoms with Crippen LogP contribution in [0.25, 0.3) is 0 Å². The van der Waals surface area contributed by atoms with Crippen molar-refractivity contribution in [3.63, 3.8) is 0 Å². The molecule has 0 N–H and O–H groups in total. The molecule has 0 heterocycles. The van der Waals surface area contributed by atoms with Crippen LogP contribution in [0.2, 0.25) is 0 Å². The SMILES string of the molecule is CCCCCC/C=C/CCCc1ccccc1/N=C(\C=N\c1ccccc1CCC/C=C/CCCCCC)CCCC.[Ni]. The molecule has 3 heteroatoms. The zero-order valence-electron chi connectivity index (χ0n) is 27.7. The first kappa shape index (κ1) is 38.8. The quantitative estimate of drug-likeness (QED) is 0.0479. The van der Waals surface area contributed by atoms with Crippen LogP contribution in [0.1, 0.15) is 141 Å². The van der Waals surface area contributed by atoms with Crippen molar-refractivity contribution in [2.45, 2.75) is 143 Å². The van der Waals surface area contributed by atoms with Crippen LogP contribution in [-0.4, -0.2) is 11.9 Å². The Bertz CT molecular complexity index is 1070. The molecule has 43 heavy (non-hydrogen) atoms. The Hall–Kier alpha value is -2.25. The summed E-state index contributed by atoms with van der Waals surface area (Å²) in [7, 11) is 0. The molecule has 2 aromatic rings. The second-order valence-electron chi connectivity index (χ2n) is 11.6. The van der Waals surface area contributed by atoms with Crippen LogP contribution in [0.4, 0.5) is 11.4 Å². The third-order valence-electron chi connectivity index (χ3n) is 7.80. The third-order valence-corrected chi connectivity index (χ3v) is 7.80. The standard InChI is InChI=1S/C40H60N2.Ni/c1-4-7-10-12-14-16-18-20-22-28-36-30-24-26-33-39(36)41-35-38(32-9-6-3)42-40-34-27-25-31-37(40)29-23-21-19-17-15-13-11-8-5-2;/h16-19,24-27,30-31,33-35H,4-15,20-23,28-29,32H2,1-3H3;/b18-16+,19-17+,41-35+,42-38-;. The Morgan fingerprint density at radius 1 is 0.535 bits per heavy atom. The minimum Gasteiger partial charge on any atom is -0.255 e. The van der Waals surface area contributed by atoms with Crippen molar-refractivity contribution in [2.75, 3.05) is 0 Å². The Morgan fingerprint density at radius 2 is 1.00 bits per heavy atom. The zero-order chi connectivity index (χ0) is 29.9. The van der Waals surface area contributed by atoms with E-state index in [0.29, 0.717) is 0 Å². The van der Waals surface area contributed by atoms with Crippen molar-refractivity contribution >= 4 is 23.3 Å². The van der Waals surface area contributed by atoms with Crippen molar-refractivity contribution in [3.8, 4) is 0 Å². The summed E-state index contributed by atoms with van der Waals surface area (Å²) in [4.78, 5) is 10.1. The van der Waals surface area contributed by atoms with Gasteiger partial charge in [-0.1, -0.05) is 126 Å². The zero-order valence-corrected chi connectivity index (χ0v) is 28.6. The molecule has 2 rings (SSSR count). The first-order valence-electron chi connectivity index (χ1n) is 17.4. The van der Waals surface area contributed by atoms with Crippen molar-refractivity contribution in [2.24, 2.45) is 9.98 Å². The first-order valence-corrected chi connectivity index (χ1v) is 17.4. The summed E-state index contributed by atoms with van der Waals surface area (Å²) in [6.45, 7) is 6.79. The molecule has 0 fully saturated rings. The molecule has 240 valence electrons. The van der Waals surface area contributed by atoms with Crippen molar-refractivity contribution < 1.29 is 16.5 Å². The fourth-order valence-electron chi connectivity index (χ4n) is 5.16. The van der Waals surface area contributed by atoms with Gasteiger partial charge in [0, 0.05) is 22.7 Å². The van der Waals surface area contributed by atoms with E-state index in [9.17, 15) is 0 Å². The Balaban J connectivity index is 0.00000924. The molecule has 0 saturated heterocycles. The molecule has 0 amide bonds. The number of hydrogen-bond acceptors (Lipinski definition) is 2. The summed E-state index contributed by atoms with van der Waals surface area (Å²) in [5, 5.41) is 0. The van der Waals surface area contributed by atoms with E-state index in [1.54, 1.807) is 0 Å².